The van der Waals surface area contributed by atoms with E-state index in [-0.39, 0.29) is 6.61 Å². The molecule has 1 rings (SSSR count). The number of methoxy groups -OCH3 is 1. The molecular weight excluding hydrogens is 210 g/mol. The van der Waals surface area contributed by atoms with E-state index in [1.165, 1.54) is 14.0 Å². The number of ether oxygens (including phenoxy) is 1. The first kappa shape index (κ1) is 13.4. The molecule has 2 N–H and O–H groups in total. The van der Waals surface area contributed by atoms with E-state index in [2.05, 4.69) is 4.74 Å². The zero-order chi connectivity index (χ0) is 12.2. The summed E-state index contributed by atoms with van der Waals surface area (Å²) in [6.45, 7) is 3.65. The van der Waals surface area contributed by atoms with E-state index in [4.69, 9.17) is 5.11 Å². The Morgan fingerprint density at radius 1 is 1.62 bits per heavy atom. The third-order valence-corrected chi connectivity index (χ3v) is 3.06. The lowest BCUT2D eigenvalue weighted by Crippen LogP contribution is -2.46. The molecule has 0 spiro atoms. The van der Waals surface area contributed by atoms with Crippen LogP contribution >= 0.6 is 0 Å². The molecule has 0 aromatic carbocycles. The number of hydrogen-bond acceptors (Lipinski definition) is 5. The van der Waals surface area contributed by atoms with E-state index in [0.717, 1.165) is 25.9 Å². The molecule has 1 aliphatic rings. The summed E-state index contributed by atoms with van der Waals surface area (Å²) in [7, 11) is 1.27. The molecule has 0 aliphatic carbocycles. The van der Waals surface area contributed by atoms with Gasteiger partial charge in [-0.1, -0.05) is 0 Å². The highest BCUT2D eigenvalue weighted by atomic mass is 16.5. The fourth-order valence-corrected chi connectivity index (χ4v) is 2.19. The summed E-state index contributed by atoms with van der Waals surface area (Å²) in [4.78, 5) is 13.3. The molecule has 0 amide bonds. The third kappa shape index (κ3) is 3.43. The van der Waals surface area contributed by atoms with E-state index in [1.54, 1.807) is 0 Å². The normalized spacial score (nSPS) is 25.4. The fourth-order valence-electron chi connectivity index (χ4n) is 2.19. The Kier molecular flexibility index (Phi) is 4.70. The second kappa shape index (κ2) is 5.61. The Morgan fingerprint density at radius 2 is 2.31 bits per heavy atom. The maximum Gasteiger partial charge on any atom is 0.338 e. The zero-order valence-corrected chi connectivity index (χ0v) is 9.98. The smallest absolute Gasteiger partial charge is 0.338 e. The van der Waals surface area contributed by atoms with Gasteiger partial charge in [0.2, 0.25) is 0 Å². The van der Waals surface area contributed by atoms with Crippen molar-refractivity contribution < 1.29 is 19.7 Å². The molecule has 0 saturated carbocycles. The summed E-state index contributed by atoms with van der Waals surface area (Å²) in [5.74, 6) is -0.128. The van der Waals surface area contributed by atoms with Crippen molar-refractivity contribution >= 4 is 5.97 Å². The molecule has 5 nitrogen and oxygen atoms in total. The molecule has 0 radical (unpaired) electrons. The highest BCUT2D eigenvalue weighted by Gasteiger charge is 2.35. The molecule has 1 heterocycles. The van der Waals surface area contributed by atoms with Crippen molar-refractivity contribution in [3.05, 3.63) is 0 Å². The van der Waals surface area contributed by atoms with Gasteiger partial charge in [-0.3, -0.25) is 4.90 Å². The lowest BCUT2D eigenvalue weighted by atomic mass is 10.1. The van der Waals surface area contributed by atoms with Crippen molar-refractivity contribution in [2.75, 3.05) is 33.4 Å². The standard InChI is InChI=1S/C11H21NO4/c1-11(15,10(14)16-2)8-12-5-3-9(7-12)4-6-13/h9,13,15H,3-8H2,1-2H3. The Bertz CT molecular complexity index is 242. The largest absolute Gasteiger partial charge is 0.467 e. The summed E-state index contributed by atoms with van der Waals surface area (Å²) in [5.41, 5.74) is -1.44. The van der Waals surface area contributed by atoms with E-state index >= 15 is 0 Å². The predicted molar refractivity (Wildman–Crippen MR) is 58.9 cm³/mol. The number of nitrogens with zero attached hydrogens (tertiary/aromatic N) is 1. The van der Waals surface area contributed by atoms with Crippen LogP contribution in [0.5, 0.6) is 0 Å². The van der Waals surface area contributed by atoms with Gasteiger partial charge < -0.3 is 14.9 Å². The Hall–Kier alpha value is -0.650. The predicted octanol–water partition coefficient (Wildman–Crippen LogP) is -0.385. The van der Waals surface area contributed by atoms with Gasteiger partial charge in [-0.15, -0.1) is 0 Å². The number of β-amino-alcohol motifs (C(OH)–C–C–N with tert-alkyl or cyclic N) is 1. The number of likely N-dealkylation sites (tertiary alicyclic amines) is 1. The van der Waals surface area contributed by atoms with E-state index in [9.17, 15) is 9.90 Å². The number of rotatable bonds is 5. The van der Waals surface area contributed by atoms with E-state index in [1.807, 2.05) is 4.90 Å². The molecule has 1 saturated heterocycles. The minimum atomic E-state index is -1.44. The van der Waals surface area contributed by atoms with Crippen LogP contribution in [0.3, 0.4) is 0 Å². The monoisotopic (exact) mass is 231 g/mol. The van der Waals surface area contributed by atoms with Crippen molar-refractivity contribution in [2.24, 2.45) is 5.92 Å². The van der Waals surface area contributed by atoms with Crippen molar-refractivity contribution in [1.29, 1.82) is 0 Å². The summed E-state index contributed by atoms with van der Waals surface area (Å²) < 4.78 is 4.54. The van der Waals surface area contributed by atoms with Crippen LogP contribution in [0.4, 0.5) is 0 Å². The topological polar surface area (TPSA) is 70.0 Å². The molecule has 1 aliphatic heterocycles. The summed E-state index contributed by atoms with van der Waals surface area (Å²) in [6, 6.07) is 0. The second-order valence-electron chi connectivity index (χ2n) is 4.67. The number of carbonyl (C=O) groups is 1. The van der Waals surface area contributed by atoms with Crippen molar-refractivity contribution in [1.82, 2.24) is 4.90 Å². The molecule has 1 fully saturated rings. The van der Waals surface area contributed by atoms with Gasteiger partial charge in [0.15, 0.2) is 5.60 Å². The van der Waals surface area contributed by atoms with E-state index in [0.29, 0.717) is 12.5 Å². The van der Waals surface area contributed by atoms with Crippen LogP contribution in [0, 0.1) is 5.92 Å². The maximum atomic E-state index is 11.3. The molecule has 0 aromatic rings. The van der Waals surface area contributed by atoms with Gasteiger partial charge in [0.25, 0.3) is 0 Å². The quantitative estimate of drug-likeness (QED) is 0.631. The molecule has 5 heteroatoms. The third-order valence-electron chi connectivity index (χ3n) is 3.06. The van der Waals surface area contributed by atoms with Gasteiger partial charge in [-0.2, -0.15) is 0 Å². The minimum Gasteiger partial charge on any atom is -0.467 e. The molecule has 16 heavy (non-hydrogen) atoms. The first-order valence-electron chi connectivity index (χ1n) is 5.63. The maximum absolute atomic E-state index is 11.3. The first-order chi connectivity index (χ1) is 7.49. The SMILES string of the molecule is COC(=O)C(C)(O)CN1CCC(CCO)C1. The van der Waals surface area contributed by atoms with Crippen molar-refractivity contribution in [2.45, 2.75) is 25.4 Å². The van der Waals surface area contributed by atoms with Gasteiger partial charge in [0.1, 0.15) is 0 Å². The highest BCUT2D eigenvalue weighted by Crippen LogP contribution is 2.21. The van der Waals surface area contributed by atoms with Gasteiger partial charge in [-0.05, 0) is 32.2 Å². The molecule has 2 unspecified atom stereocenters. The second-order valence-corrected chi connectivity index (χ2v) is 4.67. The average Bonchev–Trinajstić information content (AvgIpc) is 2.64. The van der Waals surface area contributed by atoms with Crippen LogP contribution in [0.15, 0.2) is 0 Å². The van der Waals surface area contributed by atoms with Gasteiger partial charge in [0.05, 0.1) is 7.11 Å². The Balaban J connectivity index is 2.41. The summed E-state index contributed by atoms with van der Waals surface area (Å²) >= 11 is 0. The average molecular weight is 231 g/mol. The van der Waals surface area contributed by atoms with E-state index < -0.39 is 11.6 Å². The molecule has 0 bridgehead atoms. The number of aliphatic hydroxyl groups excluding tert-OH is 1. The van der Waals surface area contributed by atoms with Crippen molar-refractivity contribution in [3.8, 4) is 0 Å². The number of aliphatic hydroxyl groups is 2. The highest BCUT2D eigenvalue weighted by molar-refractivity contribution is 5.78. The van der Waals surface area contributed by atoms with Crippen LogP contribution in [-0.2, 0) is 9.53 Å². The number of carbonyl (C=O) groups excluding carboxylic acids is 1. The first-order valence-corrected chi connectivity index (χ1v) is 5.63. The zero-order valence-electron chi connectivity index (χ0n) is 9.98. The lowest BCUT2D eigenvalue weighted by molar-refractivity contribution is -0.162. The summed E-state index contributed by atoms with van der Waals surface area (Å²) in [5, 5.41) is 18.7. The molecule has 2 atom stereocenters. The lowest BCUT2D eigenvalue weighted by Gasteiger charge is -2.26. The van der Waals surface area contributed by atoms with Gasteiger partial charge >= 0.3 is 5.97 Å². The minimum absolute atomic E-state index is 0.200. The summed E-state index contributed by atoms with van der Waals surface area (Å²) in [6.07, 6.45) is 1.80. The molecule has 94 valence electrons. The van der Waals surface area contributed by atoms with Gasteiger partial charge in [-0.25, -0.2) is 4.79 Å². The van der Waals surface area contributed by atoms with Crippen LogP contribution in [0.2, 0.25) is 0 Å². The van der Waals surface area contributed by atoms with Crippen LogP contribution < -0.4 is 0 Å². The molecule has 0 aromatic heterocycles. The number of esters is 1. The van der Waals surface area contributed by atoms with Crippen LogP contribution in [0.25, 0.3) is 0 Å². The van der Waals surface area contributed by atoms with Gasteiger partial charge in [0, 0.05) is 19.7 Å². The van der Waals surface area contributed by atoms with Crippen LogP contribution in [-0.4, -0.2) is 60.0 Å². The molecular formula is C11H21NO4. The number of hydrogen-bond donors (Lipinski definition) is 2. The van der Waals surface area contributed by atoms with Crippen LogP contribution in [0.1, 0.15) is 19.8 Å². The fraction of sp³-hybridized carbons (Fsp3) is 0.909. The Morgan fingerprint density at radius 3 is 2.88 bits per heavy atom. The van der Waals surface area contributed by atoms with Crippen molar-refractivity contribution in [3.63, 3.8) is 0 Å². The Labute approximate surface area is 96.0 Å².